The number of benzene rings is 1. The molecule has 3 atom stereocenters. The lowest BCUT2D eigenvalue weighted by atomic mass is 9.78. The smallest absolute Gasteiger partial charge is 0.269 e. The number of nitro groups is 1. The summed E-state index contributed by atoms with van der Waals surface area (Å²) in [5, 5.41) is 13.6. The number of carbonyl (C=O) groups is 1. The lowest BCUT2D eigenvalue weighted by molar-refractivity contribution is -0.384. The van der Waals surface area contributed by atoms with Gasteiger partial charge in [0.05, 0.1) is 4.92 Å². The Morgan fingerprint density at radius 3 is 2.59 bits per heavy atom. The highest BCUT2D eigenvalue weighted by atomic mass is 16.6. The van der Waals surface area contributed by atoms with Crippen LogP contribution in [0.15, 0.2) is 30.3 Å². The van der Waals surface area contributed by atoms with Gasteiger partial charge in [-0.15, -0.1) is 0 Å². The minimum Gasteiger partial charge on any atom is -0.350 e. The molecule has 1 aromatic rings. The van der Waals surface area contributed by atoms with E-state index in [-0.39, 0.29) is 17.6 Å². The van der Waals surface area contributed by atoms with Gasteiger partial charge in [0.25, 0.3) is 5.69 Å². The third kappa shape index (κ3) is 4.16. The molecular weight excluding hydrogens is 280 g/mol. The van der Waals surface area contributed by atoms with E-state index in [0.29, 0.717) is 11.8 Å². The summed E-state index contributed by atoms with van der Waals surface area (Å²) >= 11 is 0. The van der Waals surface area contributed by atoms with E-state index in [1.54, 1.807) is 18.2 Å². The van der Waals surface area contributed by atoms with Crippen LogP contribution in [-0.4, -0.2) is 16.9 Å². The van der Waals surface area contributed by atoms with Crippen molar-refractivity contribution in [3.63, 3.8) is 0 Å². The highest BCUT2D eigenvalue weighted by Crippen LogP contribution is 2.29. The van der Waals surface area contributed by atoms with Crippen molar-refractivity contribution in [3.05, 3.63) is 46.0 Å². The highest BCUT2D eigenvalue weighted by Gasteiger charge is 2.27. The second-order valence-corrected chi connectivity index (χ2v) is 6.06. The molecule has 5 nitrogen and oxygen atoms in total. The van der Waals surface area contributed by atoms with Gasteiger partial charge >= 0.3 is 0 Å². The summed E-state index contributed by atoms with van der Waals surface area (Å²) in [5.41, 5.74) is 0.817. The quantitative estimate of drug-likeness (QED) is 0.525. The molecule has 1 fully saturated rings. The minimum atomic E-state index is -0.439. The summed E-state index contributed by atoms with van der Waals surface area (Å²) in [5.74, 6) is 1.02. The topological polar surface area (TPSA) is 72.2 Å². The van der Waals surface area contributed by atoms with Gasteiger partial charge in [0, 0.05) is 24.3 Å². The SMILES string of the molecule is CC1CCCC(NC(=O)/C=C/c2ccc([N+](=O)[O-])cc2)C1C. The van der Waals surface area contributed by atoms with Crippen LogP contribution >= 0.6 is 0 Å². The molecule has 118 valence electrons. The Kier molecular flexibility index (Phi) is 5.31. The standard InChI is InChI=1S/C17H22N2O3/c1-12-4-3-5-16(13(12)2)18-17(20)11-8-14-6-9-15(10-7-14)19(21)22/h6-13,16H,3-5H2,1-2H3,(H,18,20)/b11-8+. The molecule has 1 aliphatic rings. The molecule has 0 spiro atoms. The fourth-order valence-electron chi connectivity index (χ4n) is 2.90. The van der Waals surface area contributed by atoms with E-state index in [1.165, 1.54) is 24.6 Å². The number of amides is 1. The predicted octanol–water partition coefficient (Wildman–Crippen LogP) is 3.55. The second kappa shape index (κ2) is 7.20. The largest absolute Gasteiger partial charge is 0.350 e. The van der Waals surface area contributed by atoms with Crippen LogP contribution in [0, 0.1) is 22.0 Å². The molecule has 5 heteroatoms. The molecule has 22 heavy (non-hydrogen) atoms. The number of nitrogens with one attached hydrogen (secondary N) is 1. The fourth-order valence-corrected chi connectivity index (χ4v) is 2.90. The molecule has 0 bridgehead atoms. The van der Waals surface area contributed by atoms with E-state index in [2.05, 4.69) is 19.2 Å². The molecule has 1 aromatic carbocycles. The van der Waals surface area contributed by atoms with Gasteiger partial charge in [-0.3, -0.25) is 14.9 Å². The number of non-ortho nitro benzene ring substituents is 1. The van der Waals surface area contributed by atoms with E-state index >= 15 is 0 Å². The number of carbonyl (C=O) groups excluding carboxylic acids is 1. The van der Waals surface area contributed by atoms with Crippen LogP contribution < -0.4 is 5.32 Å². The van der Waals surface area contributed by atoms with Crippen molar-refractivity contribution in [1.29, 1.82) is 0 Å². The van der Waals surface area contributed by atoms with Gasteiger partial charge in [0.15, 0.2) is 0 Å². The molecule has 0 saturated heterocycles. The molecule has 3 unspecified atom stereocenters. The van der Waals surface area contributed by atoms with Crippen LogP contribution in [0.5, 0.6) is 0 Å². The second-order valence-electron chi connectivity index (χ2n) is 6.06. The summed E-state index contributed by atoms with van der Waals surface area (Å²) < 4.78 is 0. The van der Waals surface area contributed by atoms with Gasteiger partial charge in [0.2, 0.25) is 5.91 Å². The molecule has 1 N–H and O–H groups in total. The Morgan fingerprint density at radius 2 is 1.95 bits per heavy atom. The maximum absolute atomic E-state index is 12.0. The normalized spacial score (nSPS) is 25.1. The van der Waals surface area contributed by atoms with Gasteiger partial charge in [-0.25, -0.2) is 0 Å². The minimum absolute atomic E-state index is 0.0478. The van der Waals surface area contributed by atoms with E-state index in [0.717, 1.165) is 18.4 Å². The highest BCUT2D eigenvalue weighted by molar-refractivity contribution is 5.91. The zero-order valence-electron chi connectivity index (χ0n) is 13.0. The maximum Gasteiger partial charge on any atom is 0.269 e. The Morgan fingerprint density at radius 1 is 1.27 bits per heavy atom. The van der Waals surface area contributed by atoms with Crippen LogP contribution in [0.25, 0.3) is 6.08 Å². The van der Waals surface area contributed by atoms with Gasteiger partial charge in [-0.2, -0.15) is 0 Å². The average molecular weight is 302 g/mol. The van der Waals surface area contributed by atoms with Crippen molar-refractivity contribution in [1.82, 2.24) is 5.32 Å². The Hall–Kier alpha value is -2.17. The molecule has 2 rings (SSSR count). The molecule has 1 amide bonds. The predicted molar refractivity (Wildman–Crippen MR) is 86.2 cm³/mol. The van der Waals surface area contributed by atoms with Gasteiger partial charge in [0.1, 0.15) is 0 Å². The molecule has 0 aliphatic heterocycles. The van der Waals surface area contributed by atoms with E-state index in [9.17, 15) is 14.9 Å². The number of nitro benzene ring substituents is 1. The van der Waals surface area contributed by atoms with E-state index < -0.39 is 4.92 Å². The molecule has 1 aliphatic carbocycles. The van der Waals surface area contributed by atoms with Crippen molar-refractivity contribution < 1.29 is 9.72 Å². The van der Waals surface area contributed by atoms with Crippen LogP contribution in [0.3, 0.4) is 0 Å². The first kappa shape index (κ1) is 16.2. The summed E-state index contributed by atoms with van der Waals surface area (Å²) in [6.07, 6.45) is 6.58. The number of rotatable bonds is 4. The number of hydrogen-bond donors (Lipinski definition) is 1. The summed E-state index contributed by atoms with van der Waals surface area (Å²) in [6.45, 7) is 4.42. The summed E-state index contributed by atoms with van der Waals surface area (Å²) in [6, 6.07) is 6.36. The summed E-state index contributed by atoms with van der Waals surface area (Å²) in [4.78, 5) is 22.1. The zero-order chi connectivity index (χ0) is 16.1. The maximum atomic E-state index is 12.0. The number of hydrogen-bond acceptors (Lipinski definition) is 3. The van der Waals surface area contributed by atoms with Crippen LogP contribution in [-0.2, 0) is 4.79 Å². The Balaban J connectivity index is 1.92. The first-order chi connectivity index (χ1) is 10.5. The van der Waals surface area contributed by atoms with Crippen LogP contribution in [0.4, 0.5) is 5.69 Å². The van der Waals surface area contributed by atoms with Crippen LogP contribution in [0.1, 0.15) is 38.7 Å². The Labute approximate surface area is 130 Å². The van der Waals surface area contributed by atoms with E-state index in [1.807, 2.05) is 0 Å². The van der Waals surface area contributed by atoms with E-state index in [4.69, 9.17) is 0 Å². The average Bonchev–Trinajstić information content (AvgIpc) is 2.50. The van der Waals surface area contributed by atoms with Crippen molar-refractivity contribution in [2.75, 3.05) is 0 Å². The number of nitrogens with zero attached hydrogens (tertiary/aromatic N) is 1. The van der Waals surface area contributed by atoms with Crippen molar-refractivity contribution in [2.24, 2.45) is 11.8 Å². The molecule has 0 heterocycles. The first-order valence-electron chi connectivity index (χ1n) is 7.70. The van der Waals surface area contributed by atoms with Crippen molar-refractivity contribution in [3.8, 4) is 0 Å². The lowest BCUT2D eigenvalue weighted by Crippen LogP contribution is -2.43. The van der Waals surface area contributed by atoms with Gasteiger partial charge in [-0.1, -0.05) is 26.7 Å². The van der Waals surface area contributed by atoms with Gasteiger partial charge < -0.3 is 5.32 Å². The Bertz CT molecular complexity index is 566. The summed E-state index contributed by atoms with van der Waals surface area (Å²) in [7, 11) is 0. The van der Waals surface area contributed by atoms with Gasteiger partial charge in [-0.05, 0) is 42.0 Å². The van der Waals surface area contributed by atoms with Crippen LogP contribution in [0.2, 0.25) is 0 Å². The van der Waals surface area contributed by atoms with Crippen molar-refractivity contribution in [2.45, 2.75) is 39.2 Å². The fraction of sp³-hybridized carbons (Fsp3) is 0.471. The third-order valence-electron chi connectivity index (χ3n) is 4.57. The monoisotopic (exact) mass is 302 g/mol. The lowest BCUT2D eigenvalue weighted by Gasteiger charge is -2.34. The third-order valence-corrected chi connectivity index (χ3v) is 4.57. The molecule has 1 saturated carbocycles. The molecular formula is C17H22N2O3. The molecule has 0 aromatic heterocycles. The first-order valence-corrected chi connectivity index (χ1v) is 7.70. The van der Waals surface area contributed by atoms with Crippen molar-refractivity contribution >= 4 is 17.7 Å². The zero-order valence-corrected chi connectivity index (χ0v) is 13.0. The molecule has 0 radical (unpaired) electrons.